The van der Waals surface area contributed by atoms with E-state index >= 15 is 0 Å². The Hall–Kier alpha value is -1.94. The van der Waals surface area contributed by atoms with Crippen molar-refractivity contribution in [2.45, 2.75) is 63.7 Å². The summed E-state index contributed by atoms with van der Waals surface area (Å²) in [6, 6.07) is 20.6. The molecule has 0 radical (unpaired) electrons. The zero-order valence-corrected chi connectivity index (χ0v) is 19.9. The van der Waals surface area contributed by atoms with Crippen LogP contribution in [0.2, 0.25) is 5.04 Å². The molecule has 2 aromatic carbocycles. The van der Waals surface area contributed by atoms with E-state index in [-0.39, 0.29) is 24.7 Å². The zero-order chi connectivity index (χ0) is 22.7. The van der Waals surface area contributed by atoms with Crippen LogP contribution in [0.5, 0.6) is 0 Å². The molecule has 0 heterocycles. The molecule has 31 heavy (non-hydrogen) atoms. The summed E-state index contributed by atoms with van der Waals surface area (Å²) in [5, 5.41) is 31.7. The van der Waals surface area contributed by atoms with Gasteiger partial charge in [0.05, 0.1) is 12.7 Å². The van der Waals surface area contributed by atoms with Gasteiger partial charge >= 0.3 is 0 Å². The van der Waals surface area contributed by atoms with E-state index in [9.17, 15) is 10.2 Å². The first kappa shape index (κ1) is 25.3. The highest BCUT2D eigenvalue weighted by Crippen LogP contribution is 2.36. The number of hydrogen-bond acceptors (Lipinski definition) is 4. The first-order chi connectivity index (χ1) is 14.8. The minimum atomic E-state index is -2.70. The third kappa shape index (κ3) is 7.03. The minimum Gasteiger partial charge on any atom is -0.405 e. The van der Waals surface area contributed by atoms with E-state index in [0.717, 1.165) is 16.8 Å². The van der Waals surface area contributed by atoms with Crippen LogP contribution in [-0.2, 0) is 4.43 Å². The number of benzene rings is 2. The molecule has 0 saturated carbocycles. The predicted octanol–water partition coefficient (Wildman–Crippen LogP) is 2.84. The van der Waals surface area contributed by atoms with Gasteiger partial charge in [-0.15, -0.1) is 5.92 Å². The molecule has 168 valence electrons. The van der Waals surface area contributed by atoms with Crippen molar-refractivity contribution in [1.82, 2.24) is 0 Å². The van der Waals surface area contributed by atoms with Gasteiger partial charge in [0.1, 0.15) is 6.10 Å². The lowest BCUT2D eigenvalue weighted by atomic mass is 10.1. The lowest BCUT2D eigenvalue weighted by molar-refractivity contribution is 0.0634. The van der Waals surface area contributed by atoms with E-state index in [4.69, 9.17) is 9.53 Å². The summed E-state index contributed by atoms with van der Waals surface area (Å²) < 4.78 is 6.69. The second-order valence-electron chi connectivity index (χ2n) is 8.88. The molecule has 0 aromatic heterocycles. The number of aliphatic hydroxyl groups excluding tert-OH is 3. The van der Waals surface area contributed by atoms with Crippen molar-refractivity contribution in [3.05, 3.63) is 60.7 Å². The van der Waals surface area contributed by atoms with Gasteiger partial charge in [-0.2, -0.15) is 0 Å². The SMILES string of the molecule is CC(C)(C)[Si](OC[C@@H](O)CC(O)C#CCCCCO)(c1ccccc1)c1ccccc1. The Morgan fingerprint density at radius 1 is 0.903 bits per heavy atom. The van der Waals surface area contributed by atoms with Crippen molar-refractivity contribution in [2.75, 3.05) is 13.2 Å². The molecular formula is C26H36O4Si. The van der Waals surface area contributed by atoms with Gasteiger partial charge in [-0.1, -0.05) is 87.4 Å². The topological polar surface area (TPSA) is 69.9 Å². The maximum atomic E-state index is 10.6. The number of rotatable bonds is 10. The average molecular weight is 441 g/mol. The summed E-state index contributed by atoms with van der Waals surface area (Å²) in [7, 11) is -2.70. The quantitative estimate of drug-likeness (QED) is 0.302. The molecule has 2 atom stereocenters. The smallest absolute Gasteiger partial charge is 0.261 e. The molecule has 5 heteroatoms. The van der Waals surface area contributed by atoms with Gasteiger partial charge in [0.15, 0.2) is 0 Å². The standard InChI is InChI=1S/C26H36O4Si/c1-26(2,3)31(24-15-9-6-10-16-24,25-17-11-7-12-18-25)30-21-23(29)20-22(28)14-8-4-5-13-19-27/h6-7,9-12,15-18,22-23,27-29H,4-5,13,19-21H2,1-3H3/t22?,23-/m0/s1. The van der Waals surface area contributed by atoms with Gasteiger partial charge in [0, 0.05) is 19.4 Å². The van der Waals surface area contributed by atoms with E-state index in [1.54, 1.807) is 0 Å². The normalized spacial score (nSPS) is 13.9. The van der Waals surface area contributed by atoms with Crippen LogP contribution in [0.1, 0.15) is 46.5 Å². The van der Waals surface area contributed by atoms with Crippen LogP contribution < -0.4 is 10.4 Å². The minimum absolute atomic E-state index is 0.135. The fourth-order valence-electron chi connectivity index (χ4n) is 3.88. The Morgan fingerprint density at radius 2 is 1.45 bits per heavy atom. The maximum Gasteiger partial charge on any atom is 0.261 e. The van der Waals surface area contributed by atoms with Crippen molar-refractivity contribution in [3.63, 3.8) is 0 Å². The van der Waals surface area contributed by atoms with Crippen LogP contribution >= 0.6 is 0 Å². The third-order valence-electron chi connectivity index (χ3n) is 5.38. The zero-order valence-electron chi connectivity index (χ0n) is 18.9. The molecule has 2 rings (SSSR count). The van der Waals surface area contributed by atoms with E-state index in [0.29, 0.717) is 12.8 Å². The van der Waals surface area contributed by atoms with Crippen molar-refractivity contribution in [3.8, 4) is 11.8 Å². The number of hydrogen-bond donors (Lipinski definition) is 3. The molecule has 0 amide bonds. The monoisotopic (exact) mass is 440 g/mol. The molecule has 1 unspecified atom stereocenters. The largest absolute Gasteiger partial charge is 0.405 e. The van der Waals surface area contributed by atoms with Crippen molar-refractivity contribution in [1.29, 1.82) is 0 Å². The molecule has 3 N–H and O–H groups in total. The molecule has 0 bridgehead atoms. The maximum absolute atomic E-state index is 10.6. The first-order valence-electron chi connectivity index (χ1n) is 11.0. The van der Waals surface area contributed by atoms with Crippen LogP contribution in [0.3, 0.4) is 0 Å². The third-order valence-corrected chi connectivity index (χ3v) is 10.4. The highest BCUT2D eigenvalue weighted by molar-refractivity contribution is 6.99. The molecule has 0 aliphatic rings. The molecule has 4 nitrogen and oxygen atoms in total. The van der Waals surface area contributed by atoms with Crippen molar-refractivity contribution >= 4 is 18.7 Å². The highest BCUT2D eigenvalue weighted by atomic mass is 28.4. The van der Waals surface area contributed by atoms with Crippen LogP contribution in [0.25, 0.3) is 0 Å². The lowest BCUT2D eigenvalue weighted by Crippen LogP contribution is -2.67. The Labute approximate surface area is 188 Å². The summed E-state index contributed by atoms with van der Waals surface area (Å²) in [5.74, 6) is 5.70. The first-order valence-corrected chi connectivity index (χ1v) is 12.9. The van der Waals surface area contributed by atoms with Gasteiger partial charge in [-0.3, -0.25) is 0 Å². The van der Waals surface area contributed by atoms with Crippen LogP contribution in [0, 0.1) is 11.8 Å². The molecule has 0 fully saturated rings. The van der Waals surface area contributed by atoms with Crippen molar-refractivity contribution < 1.29 is 19.7 Å². The number of unbranched alkanes of at least 4 members (excludes halogenated alkanes) is 2. The van der Waals surface area contributed by atoms with Gasteiger partial charge in [0.25, 0.3) is 8.32 Å². The van der Waals surface area contributed by atoms with Crippen molar-refractivity contribution in [2.24, 2.45) is 0 Å². The predicted molar refractivity (Wildman–Crippen MR) is 129 cm³/mol. The highest BCUT2D eigenvalue weighted by Gasteiger charge is 2.50. The second-order valence-corrected chi connectivity index (χ2v) is 13.2. The average Bonchev–Trinajstić information content (AvgIpc) is 2.74. The van der Waals surface area contributed by atoms with E-state index in [1.165, 1.54) is 0 Å². The molecule has 0 saturated heterocycles. The Morgan fingerprint density at radius 3 is 1.94 bits per heavy atom. The summed E-state index contributed by atoms with van der Waals surface area (Å²) >= 11 is 0. The van der Waals surface area contributed by atoms with Gasteiger partial charge in [0.2, 0.25) is 0 Å². The van der Waals surface area contributed by atoms with Gasteiger partial charge < -0.3 is 19.7 Å². The summed E-state index contributed by atoms with van der Waals surface area (Å²) in [6.45, 7) is 6.87. The molecular weight excluding hydrogens is 404 g/mol. The van der Waals surface area contributed by atoms with Gasteiger partial charge in [-0.25, -0.2) is 0 Å². The Kier molecular flexibility index (Phi) is 9.95. The molecule has 0 aliphatic carbocycles. The van der Waals surface area contributed by atoms with Gasteiger partial charge in [-0.05, 0) is 28.3 Å². The summed E-state index contributed by atoms with van der Waals surface area (Å²) in [4.78, 5) is 0. The van der Waals surface area contributed by atoms with E-state index < -0.39 is 20.5 Å². The molecule has 2 aromatic rings. The van der Waals surface area contributed by atoms with E-state index in [2.05, 4.69) is 56.9 Å². The Bertz CT molecular complexity index is 782. The summed E-state index contributed by atoms with van der Waals surface area (Å²) in [6.07, 6.45) is 0.572. The number of aliphatic hydroxyl groups is 3. The van der Waals surface area contributed by atoms with E-state index in [1.807, 2.05) is 36.4 Å². The van der Waals surface area contributed by atoms with Crippen LogP contribution in [0.15, 0.2) is 60.7 Å². The molecule has 0 aliphatic heterocycles. The molecule has 0 spiro atoms. The van der Waals surface area contributed by atoms with Crippen LogP contribution in [0.4, 0.5) is 0 Å². The van der Waals surface area contributed by atoms with Crippen LogP contribution in [-0.4, -0.2) is 49.1 Å². The Balaban J connectivity index is 2.19. The second kappa shape index (κ2) is 12.2. The summed E-state index contributed by atoms with van der Waals surface area (Å²) in [5.41, 5.74) is 0. The lowest BCUT2D eigenvalue weighted by Gasteiger charge is -2.43. The fourth-order valence-corrected chi connectivity index (χ4v) is 8.48. The fraction of sp³-hybridized carbons (Fsp3) is 0.462.